The summed E-state index contributed by atoms with van der Waals surface area (Å²) in [6.07, 6.45) is 2.28. The van der Waals surface area contributed by atoms with Crippen LogP contribution in [0.4, 0.5) is 0 Å². The quantitative estimate of drug-likeness (QED) is 0.784. The number of benzene rings is 1. The van der Waals surface area contributed by atoms with E-state index in [1.165, 1.54) is 5.56 Å². The summed E-state index contributed by atoms with van der Waals surface area (Å²) in [7, 11) is 1.66. The van der Waals surface area contributed by atoms with Crippen LogP contribution in [0.3, 0.4) is 0 Å². The van der Waals surface area contributed by atoms with Crippen molar-refractivity contribution in [3.05, 3.63) is 41.8 Å². The predicted molar refractivity (Wildman–Crippen MR) is 85.5 cm³/mol. The second kappa shape index (κ2) is 7.54. The second-order valence-electron chi connectivity index (χ2n) is 5.83. The molecule has 1 aromatic heterocycles. The Morgan fingerprint density at radius 3 is 2.68 bits per heavy atom. The summed E-state index contributed by atoms with van der Waals surface area (Å²) in [4.78, 5) is 4.50. The first-order valence-electron chi connectivity index (χ1n) is 7.42. The van der Waals surface area contributed by atoms with Gasteiger partial charge in [0.1, 0.15) is 6.26 Å². The van der Waals surface area contributed by atoms with Crippen LogP contribution in [-0.4, -0.2) is 36.0 Å². The van der Waals surface area contributed by atoms with E-state index in [-0.39, 0.29) is 12.1 Å². The van der Waals surface area contributed by atoms with E-state index in [0.29, 0.717) is 25.5 Å². The number of ether oxygens (including phenoxy) is 1. The van der Waals surface area contributed by atoms with Gasteiger partial charge in [-0.1, -0.05) is 17.7 Å². The topological polar surface area (TPSA) is 67.5 Å². The molecule has 0 fully saturated rings. The summed E-state index contributed by atoms with van der Waals surface area (Å²) in [5.41, 5.74) is 2.71. The van der Waals surface area contributed by atoms with Gasteiger partial charge in [-0.3, -0.25) is 0 Å². The summed E-state index contributed by atoms with van der Waals surface area (Å²) < 4.78 is 10.8. The number of aromatic nitrogens is 1. The molecule has 120 valence electrons. The highest BCUT2D eigenvalue weighted by atomic mass is 16.5. The van der Waals surface area contributed by atoms with Crippen molar-refractivity contribution in [3.63, 3.8) is 0 Å². The van der Waals surface area contributed by atoms with Crippen molar-refractivity contribution in [2.24, 2.45) is 0 Å². The van der Waals surface area contributed by atoms with Crippen LogP contribution in [0.5, 0.6) is 0 Å². The number of nitrogens with zero attached hydrogens (tertiary/aromatic N) is 1. The minimum atomic E-state index is -0.285. The highest BCUT2D eigenvalue weighted by Gasteiger charge is 2.23. The predicted octanol–water partition coefficient (Wildman–Crippen LogP) is 2.53. The number of hydrogen-bond acceptors (Lipinski definition) is 5. The normalized spacial score (nSPS) is 14.0. The van der Waals surface area contributed by atoms with E-state index >= 15 is 0 Å². The molecule has 1 atom stereocenters. The minimum Gasteiger partial charge on any atom is -0.444 e. The number of nitrogens with one attached hydrogen (secondary N) is 1. The fraction of sp³-hybridized carbons (Fsp3) is 0.471. The van der Waals surface area contributed by atoms with Crippen molar-refractivity contribution in [1.29, 1.82) is 0 Å². The van der Waals surface area contributed by atoms with Gasteiger partial charge in [-0.15, -0.1) is 0 Å². The molecule has 1 unspecified atom stereocenters. The fourth-order valence-corrected chi connectivity index (χ4v) is 2.30. The van der Waals surface area contributed by atoms with E-state index in [4.69, 9.17) is 9.15 Å². The summed E-state index contributed by atoms with van der Waals surface area (Å²) in [5.74, 6) is 0.618. The third-order valence-corrected chi connectivity index (χ3v) is 3.67. The Morgan fingerprint density at radius 2 is 2.05 bits per heavy atom. The molecule has 0 aliphatic heterocycles. The Bertz CT molecular complexity index is 572. The molecule has 1 aromatic carbocycles. The maximum Gasteiger partial charge on any atom is 0.226 e. The monoisotopic (exact) mass is 304 g/mol. The fourth-order valence-electron chi connectivity index (χ4n) is 2.30. The maximum atomic E-state index is 9.17. The Morgan fingerprint density at radius 1 is 1.32 bits per heavy atom. The first-order valence-corrected chi connectivity index (χ1v) is 7.42. The first-order chi connectivity index (χ1) is 10.6. The zero-order chi connectivity index (χ0) is 16.0. The smallest absolute Gasteiger partial charge is 0.226 e. The van der Waals surface area contributed by atoms with Crippen LogP contribution < -0.4 is 5.32 Å². The number of oxazole rings is 1. The lowest BCUT2D eigenvalue weighted by molar-refractivity contribution is 0.0967. The van der Waals surface area contributed by atoms with Crippen molar-refractivity contribution < 1.29 is 14.3 Å². The van der Waals surface area contributed by atoms with E-state index in [9.17, 15) is 5.11 Å². The SMILES string of the molecule is COCC(C)(CCO)NCc1coc(-c2ccc(C)cc2)n1. The largest absolute Gasteiger partial charge is 0.444 e. The Kier molecular flexibility index (Phi) is 5.71. The van der Waals surface area contributed by atoms with E-state index < -0.39 is 0 Å². The average Bonchev–Trinajstić information content (AvgIpc) is 2.96. The lowest BCUT2D eigenvalue weighted by Crippen LogP contribution is -2.46. The van der Waals surface area contributed by atoms with Gasteiger partial charge in [0, 0.05) is 31.4 Å². The third-order valence-electron chi connectivity index (χ3n) is 3.67. The van der Waals surface area contributed by atoms with Crippen molar-refractivity contribution in [3.8, 4) is 11.5 Å². The lowest BCUT2D eigenvalue weighted by Gasteiger charge is -2.29. The summed E-state index contributed by atoms with van der Waals surface area (Å²) in [6.45, 7) is 5.27. The molecule has 2 N–H and O–H groups in total. The van der Waals surface area contributed by atoms with Gasteiger partial charge >= 0.3 is 0 Å². The number of aryl methyl sites for hydroxylation is 1. The van der Waals surface area contributed by atoms with E-state index in [0.717, 1.165) is 11.3 Å². The molecule has 0 radical (unpaired) electrons. The number of aliphatic hydroxyl groups excluding tert-OH is 1. The number of aliphatic hydroxyl groups is 1. The zero-order valence-corrected chi connectivity index (χ0v) is 13.4. The summed E-state index contributed by atoms with van der Waals surface area (Å²) in [5, 5.41) is 12.6. The van der Waals surface area contributed by atoms with Crippen LogP contribution in [-0.2, 0) is 11.3 Å². The molecule has 22 heavy (non-hydrogen) atoms. The standard InChI is InChI=1S/C17H24N2O3/c1-13-4-6-14(7-5-13)16-19-15(11-22-16)10-18-17(2,8-9-20)12-21-3/h4-7,11,18,20H,8-10,12H2,1-3H3. The van der Waals surface area contributed by atoms with Crippen LogP contribution in [0, 0.1) is 6.92 Å². The number of rotatable bonds is 8. The van der Waals surface area contributed by atoms with Gasteiger partial charge in [0.2, 0.25) is 5.89 Å². The molecule has 0 aliphatic carbocycles. The average molecular weight is 304 g/mol. The maximum absolute atomic E-state index is 9.17. The van der Waals surface area contributed by atoms with E-state index in [2.05, 4.69) is 10.3 Å². The highest BCUT2D eigenvalue weighted by molar-refractivity contribution is 5.53. The first kappa shape index (κ1) is 16.7. The van der Waals surface area contributed by atoms with E-state index in [1.54, 1.807) is 13.4 Å². The van der Waals surface area contributed by atoms with Crippen LogP contribution in [0.2, 0.25) is 0 Å². The second-order valence-corrected chi connectivity index (χ2v) is 5.83. The summed E-state index contributed by atoms with van der Waals surface area (Å²) >= 11 is 0. The Balaban J connectivity index is 2.01. The van der Waals surface area contributed by atoms with Crippen LogP contribution in [0.1, 0.15) is 24.6 Å². The number of hydrogen-bond donors (Lipinski definition) is 2. The van der Waals surface area contributed by atoms with Gasteiger partial charge in [-0.25, -0.2) is 4.98 Å². The molecule has 2 rings (SSSR count). The molecule has 0 amide bonds. The summed E-state index contributed by atoms with van der Waals surface area (Å²) in [6, 6.07) is 8.07. The van der Waals surface area contributed by atoms with Gasteiger partial charge < -0.3 is 19.6 Å². The van der Waals surface area contributed by atoms with Gasteiger partial charge in [-0.2, -0.15) is 0 Å². The van der Waals surface area contributed by atoms with Crippen molar-refractivity contribution in [2.75, 3.05) is 20.3 Å². The van der Waals surface area contributed by atoms with Crippen LogP contribution in [0.15, 0.2) is 34.9 Å². The molecular weight excluding hydrogens is 280 g/mol. The van der Waals surface area contributed by atoms with Gasteiger partial charge in [0.15, 0.2) is 0 Å². The molecule has 5 heteroatoms. The lowest BCUT2D eigenvalue weighted by atomic mass is 9.99. The molecule has 5 nitrogen and oxygen atoms in total. The van der Waals surface area contributed by atoms with Gasteiger partial charge in [-0.05, 0) is 32.4 Å². The van der Waals surface area contributed by atoms with Crippen molar-refractivity contribution in [2.45, 2.75) is 32.4 Å². The molecule has 2 aromatic rings. The molecule has 0 bridgehead atoms. The molecule has 0 aliphatic rings. The number of methoxy groups -OCH3 is 1. The third kappa shape index (κ3) is 4.40. The van der Waals surface area contributed by atoms with E-state index in [1.807, 2.05) is 38.1 Å². The molecule has 0 spiro atoms. The van der Waals surface area contributed by atoms with Crippen LogP contribution in [0.25, 0.3) is 11.5 Å². The van der Waals surface area contributed by atoms with Crippen LogP contribution >= 0.6 is 0 Å². The molecule has 0 saturated carbocycles. The van der Waals surface area contributed by atoms with Gasteiger partial charge in [0.25, 0.3) is 0 Å². The zero-order valence-electron chi connectivity index (χ0n) is 13.4. The molecule has 1 heterocycles. The Hall–Kier alpha value is -1.69. The molecular formula is C17H24N2O3. The van der Waals surface area contributed by atoms with Crippen molar-refractivity contribution in [1.82, 2.24) is 10.3 Å². The van der Waals surface area contributed by atoms with Crippen molar-refractivity contribution >= 4 is 0 Å². The van der Waals surface area contributed by atoms with Gasteiger partial charge in [0.05, 0.1) is 12.3 Å². The minimum absolute atomic E-state index is 0.111. The molecule has 0 saturated heterocycles. The highest BCUT2D eigenvalue weighted by Crippen LogP contribution is 2.19. The Labute approximate surface area is 131 Å².